The molecule has 0 aliphatic heterocycles. The molecule has 2 heterocycles. The molecular formula is C21H24ClN3O4. The fourth-order valence-corrected chi connectivity index (χ4v) is 2.97. The lowest BCUT2D eigenvalue weighted by molar-refractivity contribution is 0.0992. The molecule has 0 bridgehead atoms. The van der Waals surface area contributed by atoms with Crippen LogP contribution in [0.4, 0.5) is 5.69 Å². The Labute approximate surface area is 174 Å². The van der Waals surface area contributed by atoms with Crippen LogP contribution in [0.2, 0.25) is 5.02 Å². The van der Waals surface area contributed by atoms with Crippen LogP contribution in [0, 0.1) is 6.92 Å². The van der Waals surface area contributed by atoms with Gasteiger partial charge in [0.1, 0.15) is 24.8 Å². The molecule has 0 aliphatic carbocycles. The standard InChI is InChI=1S/C21H24ClN3O4/c1-13(2)17-8-18(22)14(3)7-20(17)28-11-16-5-6-19(29-16)21(26)24-15-9-23-25(10-15)12-27-4/h5-10,13H,11-12H2,1-4H3,(H,24,26). The summed E-state index contributed by atoms with van der Waals surface area (Å²) in [7, 11) is 1.57. The fourth-order valence-electron chi connectivity index (χ4n) is 2.80. The minimum atomic E-state index is -0.363. The number of ether oxygens (including phenoxy) is 2. The van der Waals surface area contributed by atoms with Crippen molar-refractivity contribution in [1.29, 1.82) is 0 Å². The highest BCUT2D eigenvalue weighted by Gasteiger charge is 2.15. The first-order valence-electron chi connectivity index (χ1n) is 9.21. The molecule has 0 unspecified atom stereocenters. The first kappa shape index (κ1) is 21.0. The van der Waals surface area contributed by atoms with Crippen LogP contribution in [0.15, 0.2) is 41.1 Å². The van der Waals surface area contributed by atoms with Gasteiger partial charge in [0.25, 0.3) is 5.91 Å². The molecule has 0 atom stereocenters. The van der Waals surface area contributed by atoms with E-state index in [9.17, 15) is 4.79 Å². The molecule has 0 aliphatic rings. The molecule has 0 radical (unpaired) electrons. The summed E-state index contributed by atoms with van der Waals surface area (Å²) in [4.78, 5) is 12.4. The molecule has 3 rings (SSSR count). The highest BCUT2D eigenvalue weighted by molar-refractivity contribution is 6.31. The second kappa shape index (κ2) is 9.15. The number of benzene rings is 1. The smallest absolute Gasteiger partial charge is 0.291 e. The van der Waals surface area contributed by atoms with Gasteiger partial charge in [0.2, 0.25) is 0 Å². The Bertz CT molecular complexity index is 994. The molecule has 7 nitrogen and oxygen atoms in total. The fraction of sp³-hybridized carbons (Fsp3) is 0.333. The second-order valence-corrected chi connectivity index (χ2v) is 7.40. The molecule has 0 saturated heterocycles. The monoisotopic (exact) mass is 417 g/mol. The molecular weight excluding hydrogens is 394 g/mol. The number of rotatable bonds is 8. The largest absolute Gasteiger partial charge is 0.485 e. The van der Waals surface area contributed by atoms with Crippen molar-refractivity contribution in [3.63, 3.8) is 0 Å². The highest BCUT2D eigenvalue weighted by Crippen LogP contribution is 2.32. The Morgan fingerprint density at radius 3 is 2.86 bits per heavy atom. The van der Waals surface area contributed by atoms with Gasteiger partial charge in [0.15, 0.2) is 5.76 Å². The number of aromatic nitrogens is 2. The molecule has 1 amide bonds. The number of anilines is 1. The number of hydrogen-bond acceptors (Lipinski definition) is 5. The maximum Gasteiger partial charge on any atom is 0.291 e. The molecule has 3 aromatic rings. The maximum atomic E-state index is 12.4. The summed E-state index contributed by atoms with van der Waals surface area (Å²) < 4.78 is 18.1. The van der Waals surface area contributed by atoms with Gasteiger partial charge in [-0.15, -0.1) is 0 Å². The van der Waals surface area contributed by atoms with E-state index in [1.54, 1.807) is 36.3 Å². The average Bonchev–Trinajstić information content (AvgIpc) is 3.32. The Morgan fingerprint density at radius 2 is 2.14 bits per heavy atom. The second-order valence-electron chi connectivity index (χ2n) is 6.99. The van der Waals surface area contributed by atoms with Gasteiger partial charge in [0, 0.05) is 12.1 Å². The SMILES string of the molecule is COCn1cc(NC(=O)c2ccc(COc3cc(C)c(Cl)cc3C(C)C)o2)cn1. The highest BCUT2D eigenvalue weighted by atomic mass is 35.5. The van der Waals surface area contributed by atoms with E-state index in [1.807, 2.05) is 19.1 Å². The minimum absolute atomic E-state index is 0.194. The zero-order chi connectivity index (χ0) is 21.0. The molecule has 8 heteroatoms. The Morgan fingerprint density at radius 1 is 1.34 bits per heavy atom. The van der Waals surface area contributed by atoms with E-state index in [4.69, 9.17) is 25.5 Å². The zero-order valence-electron chi connectivity index (χ0n) is 16.9. The number of hydrogen-bond donors (Lipinski definition) is 1. The molecule has 1 N–H and O–H groups in total. The molecule has 2 aromatic heterocycles. The molecule has 29 heavy (non-hydrogen) atoms. The number of aryl methyl sites for hydroxylation is 1. The van der Waals surface area contributed by atoms with Gasteiger partial charge < -0.3 is 19.2 Å². The van der Waals surface area contributed by atoms with Crippen LogP contribution in [0.5, 0.6) is 5.75 Å². The normalized spacial score (nSPS) is 11.1. The van der Waals surface area contributed by atoms with Crippen LogP contribution >= 0.6 is 11.6 Å². The molecule has 0 saturated carbocycles. The number of methoxy groups -OCH3 is 1. The van der Waals surface area contributed by atoms with Crippen molar-refractivity contribution in [3.8, 4) is 5.75 Å². The summed E-state index contributed by atoms with van der Waals surface area (Å²) in [5.74, 6) is 1.40. The van der Waals surface area contributed by atoms with Crippen LogP contribution in [-0.2, 0) is 18.1 Å². The lowest BCUT2D eigenvalue weighted by Crippen LogP contribution is -2.10. The van der Waals surface area contributed by atoms with Crippen LogP contribution in [0.1, 0.15) is 47.2 Å². The summed E-state index contributed by atoms with van der Waals surface area (Å²) in [6, 6.07) is 7.19. The zero-order valence-corrected chi connectivity index (χ0v) is 17.6. The van der Waals surface area contributed by atoms with Crippen molar-refractivity contribution in [2.45, 2.75) is 40.0 Å². The van der Waals surface area contributed by atoms with Gasteiger partial charge >= 0.3 is 0 Å². The van der Waals surface area contributed by atoms with Crippen molar-refractivity contribution in [3.05, 3.63) is 64.3 Å². The Hall–Kier alpha value is -2.77. The van der Waals surface area contributed by atoms with E-state index in [0.717, 1.165) is 16.9 Å². The number of carbonyl (C=O) groups is 1. The summed E-state index contributed by atoms with van der Waals surface area (Å²) in [6.07, 6.45) is 3.21. The van der Waals surface area contributed by atoms with E-state index < -0.39 is 0 Å². The summed E-state index contributed by atoms with van der Waals surface area (Å²) >= 11 is 6.24. The van der Waals surface area contributed by atoms with Gasteiger partial charge in [0.05, 0.1) is 18.1 Å². The maximum absolute atomic E-state index is 12.4. The number of nitrogens with zero attached hydrogens (tertiary/aromatic N) is 2. The molecule has 0 fully saturated rings. The Balaban J connectivity index is 1.64. The third-order valence-corrected chi connectivity index (χ3v) is 4.73. The van der Waals surface area contributed by atoms with E-state index in [1.165, 1.54) is 0 Å². The summed E-state index contributed by atoms with van der Waals surface area (Å²) in [5, 5.41) is 7.52. The van der Waals surface area contributed by atoms with Crippen LogP contribution in [0.25, 0.3) is 0 Å². The molecule has 154 valence electrons. The van der Waals surface area contributed by atoms with E-state index in [2.05, 4.69) is 24.3 Å². The predicted octanol–water partition coefficient (Wildman–Crippen LogP) is 5.00. The summed E-state index contributed by atoms with van der Waals surface area (Å²) in [6.45, 7) is 6.61. The number of carbonyl (C=O) groups excluding carboxylic acids is 1. The van der Waals surface area contributed by atoms with Crippen LogP contribution in [-0.4, -0.2) is 22.8 Å². The number of halogens is 1. The van der Waals surface area contributed by atoms with Crippen LogP contribution < -0.4 is 10.1 Å². The third-order valence-electron chi connectivity index (χ3n) is 4.32. The van der Waals surface area contributed by atoms with Crippen molar-refractivity contribution in [2.75, 3.05) is 12.4 Å². The summed E-state index contributed by atoms with van der Waals surface area (Å²) in [5.41, 5.74) is 2.53. The Kier molecular flexibility index (Phi) is 6.61. The van der Waals surface area contributed by atoms with Crippen molar-refractivity contribution < 1.29 is 18.7 Å². The van der Waals surface area contributed by atoms with Gasteiger partial charge in [-0.1, -0.05) is 25.4 Å². The first-order valence-corrected chi connectivity index (χ1v) is 9.59. The van der Waals surface area contributed by atoms with Gasteiger partial charge in [-0.05, 0) is 48.2 Å². The first-order chi connectivity index (χ1) is 13.9. The minimum Gasteiger partial charge on any atom is -0.485 e. The van der Waals surface area contributed by atoms with E-state index in [0.29, 0.717) is 23.2 Å². The van der Waals surface area contributed by atoms with Crippen molar-refractivity contribution in [1.82, 2.24) is 9.78 Å². The van der Waals surface area contributed by atoms with Crippen molar-refractivity contribution in [2.24, 2.45) is 0 Å². The average molecular weight is 418 g/mol. The van der Waals surface area contributed by atoms with Gasteiger partial charge in [-0.3, -0.25) is 4.79 Å². The molecule has 1 aromatic carbocycles. The predicted molar refractivity (Wildman–Crippen MR) is 111 cm³/mol. The van der Waals surface area contributed by atoms with Gasteiger partial charge in [-0.2, -0.15) is 5.10 Å². The quantitative estimate of drug-likeness (QED) is 0.558. The van der Waals surface area contributed by atoms with E-state index in [-0.39, 0.29) is 24.2 Å². The third kappa shape index (κ3) is 5.19. The lowest BCUT2D eigenvalue weighted by atomic mass is 10.0. The number of furan rings is 1. The van der Waals surface area contributed by atoms with Crippen molar-refractivity contribution >= 4 is 23.2 Å². The van der Waals surface area contributed by atoms with Crippen LogP contribution in [0.3, 0.4) is 0 Å². The lowest BCUT2D eigenvalue weighted by Gasteiger charge is -2.15. The van der Waals surface area contributed by atoms with Gasteiger partial charge in [-0.25, -0.2) is 4.68 Å². The number of amides is 1. The molecule has 0 spiro atoms. The topological polar surface area (TPSA) is 78.5 Å². The number of nitrogens with one attached hydrogen (secondary N) is 1. The van der Waals surface area contributed by atoms with E-state index >= 15 is 0 Å².